The van der Waals surface area contributed by atoms with Crippen LogP contribution >= 0.6 is 0 Å². The van der Waals surface area contributed by atoms with E-state index < -0.39 is 12.1 Å². The van der Waals surface area contributed by atoms with Crippen LogP contribution in [0.1, 0.15) is 19.3 Å². The van der Waals surface area contributed by atoms with E-state index >= 15 is 0 Å². The maximum atomic E-state index is 12.1. The summed E-state index contributed by atoms with van der Waals surface area (Å²) in [6.45, 7) is 0.171. The Hall–Kier alpha value is -0.250. The third kappa shape index (κ3) is 1.86. The quantitative estimate of drug-likeness (QED) is 0.634. The zero-order valence-electron chi connectivity index (χ0n) is 6.19. The fourth-order valence-electron chi connectivity index (χ4n) is 1.75. The highest BCUT2D eigenvalue weighted by atomic mass is 19.4. The Labute approximate surface area is 63.8 Å². The molecule has 0 spiro atoms. The van der Waals surface area contributed by atoms with Gasteiger partial charge in [0.25, 0.3) is 0 Å². The van der Waals surface area contributed by atoms with E-state index in [0.29, 0.717) is 12.8 Å². The van der Waals surface area contributed by atoms with E-state index in [-0.39, 0.29) is 18.9 Å². The lowest BCUT2D eigenvalue weighted by molar-refractivity contribution is -0.182. The Balaban J connectivity index is 2.57. The van der Waals surface area contributed by atoms with Crippen LogP contribution in [0.3, 0.4) is 0 Å². The molecule has 0 amide bonds. The number of hydrogen-bond donors (Lipinski definition) is 1. The van der Waals surface area contributed by atoms with Gasteiger partial charge in [0.15, 0.2) is 0 Å². The Morgan fingerprint density at radius 1 is 1.27 bits per heavy atom. The molecular weight excluding hydrogens is 155 g/mol. The van der Waals surface area contributed by atoms with Gasteiger partial charge in [-0.25, -0.2) is 0 Å². The number of halogens is 3. The highest BCUT2D eigenvalue weighted by Gasteiger charge is 2.46. The summed E-state index contributed by atoms with van der Waals surface area (Å²) in [6, 6.07) is 0. The Bertz CT molecular complexity index is 132. The van der Waals surface area contributed by atoms with E-state index in [4.69, 9.17) is 5.73 Å². The second kappa shape index (κ2) is 3.01. The lowest BCUT2D eigenvalue weighted by atomic mass is 9.96. The van der Waals surface area contributed by atoms with E-state index in [2.05, 4.69) is 0 Å². The molecule has 2 atom stereocenters. The maximum absolute atomic E-state index is 12.1. The summed E-state index contributed by atoms with van der Waals surface area (Å²) in [5.41, 5.74) is 5.22. The fraction of sp³-hybridized carbons (Fsp3) is 1.00. The Morgan fingerprint density at radius 3 is 2.27 bits per heavy atom. The number of rotatable bonds is 1. The number of hydrogen-bond acceptors (Lipinski definition) is 1. The summed E-state index contributed by atoms with van der Waals surface area (Å²) in [7, 11) is 0. The van der Waals surface area contributed by atoms with Crippen LogP contribution in [-0.4, -0.2) is 12.7 Å². The monoisotopic (exact) mass is 167 g/mol. The van der Waals surface area contributed by atoms with Crippen molar-refractivity contribution in [1.82, 2.24) is 0 Å². The summed E-state index contributed by atoms with van der Waals surface area (Å²) in [4.78, 5) is 0. The lowest BCUT2D eigenvalue weighted by Gasteiger charge is -2.20. The van der Waals surface area contributed by atoms with Crippen molar-refractivity contribution in [3.8, 4) is 0 Å². The smallest absolute Gasteiger partial charge is 0.330 e. The molecule has 1 aliphatic rings. The van der Waals surface area contributed by atoms with Gasteiger partial charge in [0, 0.05) is 0 Å². The van der Waals surface area contributed by atoms with E-state index in [0.717, 1.165) is 0 Å². The van der Waals surface area contributed by atoms with Crippen molar-refractivity contribution in [2.24, 2.45) is 17.6 Å². The van der Waals surface area contributed by atoms with E-state index in [1.54, 1.807) is 0 Å². The zero-order valence-corrected chi connectivity index (χ0v) is 6.19. The van der Waals surface area contributed by atoms with Crippen molar-refractivity contribution in [2.45, 2.75) is 25.4 Å². The molecule has 4 heteroatoms. The van der Waals surface area contributed by atoms with Gasteiger partial charge in [0.05, 0.1) is 5.92 Å². The van der Waals surface area contributed by atoms with Crippen LogP contribution in [0.4, 0.5) is 13.2 Å². The molecule has 11 heavy (non-hydrogen) atoms. The van der Waals surface area contributed by atoms with Gasteiger partial charge in [0.2, 0.25) is 0 Å². The molecule has 0 bridgehead atoms. The van der Waals surface area contributed by atoms with Gasteiger partial charge in [-0.1, -0.05) is 6.42 Å². The van der Waals surface area contributed by atoms with Crippen LogP contribution in [0.2, 0.25) is 0 Å². The maximum Gasteiger partial charge on any atom is 0.392 e. The minimum absolute atomic E-state index is 0.171. The molecule has 1 aliphatic carbocycles. The first kappa shape index (κ1) is 8.84. The standard InChI is InChI=1S/C7H12F3N/c8-7(9,10)6-3-1-2-5(6)4-11/h5-6H,1-4,11H2/t5-,6-/m0/s1. The van der Waals surface area contributed by atoms with Gasteiger partial charge >= 0.3 is 6.18 Å². The molecule has 1 nitrogen and oxygen atoms in total. The van der Waals surface area contributed by atoms with Crippen LogP contribution < -0.4 is 5.73 Å². The minimum atomic E-state index is -4.03. The molecule has 1 fully saturated rings. The molecule has 1 saturated carbocycles. The van der Waals surface area contributed by atoms with Crippen LogP contribution in [-0.2, 0) is 0 Å². The molecule has 0 radical (unpaired) electrons. The first-order chi connectivity index (χ1) is 5.05. The van der Waals surface area contributed by atoms with Crippen molar-refractivity contribution < 1.29 is 13.2 Å². The Morgan fingerprint density at radius 2 is 1.91 bits per heavy atom. The summed E-state index contributed by atoms with van der Waals surface area (Å²) < 4.78 is 36.4. The molecule has 1 rings (SSSR count). The third-order valence-electron chi connectivity index (χ3n) is 2.38. The molecule has 0 aliphatic heterocycles. The first-order valence-electron chi connectivity index (χ1n) is 3.82. The molecule has 2 N–H and O–H groups in total. The highest BCUT2D eigenvalue weighted by Crippen LogP contribution is 2.42. The predicted octanol–water partition coefficient (Wildman–Crippen LogP) is 1.92. The summed E-state index contributed by atoms with van der Waals surface area (Å²) in [5, 5.41) is 0. The van der Waals surface area contributed by atoms with Crippen molar-refractivity contribution in [2.75, 3.05) is 6.54 Å². The third-order valence-corrected chi connectivity index (χ3v) is 2.38. The Kier molecular flexibility index (Phi) is 2.42. The highest BCUT2D eigenvalue weighted by molar-refractivity contribution is 4.82. The van der Waals surface area contributed by atoms with Crippen molar-refractivity contribution >= 4 is 0 Å². The SMILES string of the molecule is NC[C@@H]1CCC[C@@H]1C(F)(F)F. The van der Waals surface area contributed by atoms with Gasteiger partial charge in [-0.2, -0.15) is 13.2 Å². The van der Waals surface area contributed by atoms with Crippen LogP contribution in [0.15, 0.2) is 0 Å². The second-order valence-electron chi connectivity index (χ2n) is 3.07. The zero-order chi connectivity index (χ0) is 8.48. The fourth-order valence-corrected chi connectivity index (χ4v) is 1.75. The molecule has 0 aromatic rings. The molecule has 66 valence electrons. The molecule has 0 aromatic carbocycles. The predicted molar refractivity (Wildman–Crippen MR) is 35.9 cm³/mol. The molecule has 0 heterocycles. The summed E-state index contributed by atoms with van der Waals surface area (Å²) in [6.07, 6.45) is -2.45. The largest absolute Gasteiger partial charge is 0.392 e. The molecule has 0 unspecified atom stereocenters. The minimum Gasteiger partial charge on any atom is -0.330 e. The van der Waals surface area contributed by atoms with Crippen LogP contribution in [0, 0.1) is 11.8 Å². The van der Waals surface area contributed by atoms with Crippen molar-refractivity contribution in [3.05, 3.63) is 0 Å². The molecular formula is C7H12F3N. The van der Waals surface area contributed by atoms with Gasteiger partial charge in [-0.15, -0.1) is 0 Å². The normalized spacial score (nSPS) is 32.7. The number of alkyl halides is 3. The van der Waals surface area contributed by atoms with Crippen molar-refractivity contribution in [1.29, 1.82) is 0 Å². The van der Waals surface area contributed by atoms with E-state index in [1.807, 2.05) is 0 Å². The van der Waals surface area contributed by atoms with Gasteiger partial charge in [0.1, 0.15) is 0 Å². The van der Waals surface area contributed by atoms with Gasteiger partial charge in [-0.05, 0) is 25.3 Å². The average Bonchev–Trinajstić information content (AvgIpc) is 2.31. The van der Waals surface area contributed by atoms with Gasteiger partial charge in [-0.3, -0.25) is 0 Å². The summed E-state index contributed by atoms with van der Waals surface area (Å²) >= 11 is 0. The van der Waals surface area contributed by atoms with E-state index in [1.165, 1.54) is 0 Å². The first-order valence-corrected chi connectivity index (χ1v) is 3.82. The molecule has 0 saturated heterocycles. The van der Waals surface area contributed by atoms with Crippen LogP contribution in [0.25, 0.3) is 0 Å². The van der Waals surface area contributed by atoms with Crippen molar-refractivity contribution in [3.63, 3.8) is 0 Å². The lowest BCUT2D eigenvalue weighted by Crippen LogP contribution is -2.30. The average molecular weight is 167 g/mol. The summed E-state index contributed by atoms with van der Waals surface area (Å²) in [5.74, 6) is -1.46. The molecule has 0 aromatic heterocycles. The second-order valence-corrected chi connectivity index (χ2v) is 3.07. The topological polar surface area (TPSA) is 26.0 Å². The van der Waals surface area contributed by atoms with Gasteiger partial charge < -0.3 is 5.73 Å². The van der Waals surface area contributed by atoms with Crippen LogP contribution in [0.5, 0.6) is 0 Å². The number of nitrogens with two attached hydrogens (primary N) is 1. The van der Waals surface area contributed by atoms with E-state index in [9.17, 15) is 13.2 Å².